The molecule has 2 aromatic carbocycles. The van der Waals surface area contributed by atoms with Gasteiger partial charge in [0.2, 0.25) is 6.79 Å². The summed E-state index contributed by atoms with van der Waals surface area (Å²) in [4.78, 5) is 12.6. The second-order valence-electron chi connectivity index (χ2n) is 5.42. The summed E-state index contributed by atoms with van der Waals surface area (Å²) in [7, 11) is 2.99. The number of ether oxygens (including phenoxy) is 4. The van der Waals surface area contributed by atoms with Gasteiger partial charge in [0, 0.05) is 12.1 Å². The van der Waals surface area contributed by atoms with E-state index in [1.165, 1.54) is 20.3 Å². The molecule has 8 heteroatoms. The second-order valence-corrected chi connectivity index (χ2v) is 5.82. The molecule has 0 aromatic heterocycles. The lowest BCUT2D eigenvalue weighted by molar-refractivity contribution is -0.112. The van der Waals surface area contributed by atoms with Gasteiger partial charge in [-0.2, -0.15) is 5.26 Å². The van der Waals surface area contributed by atoms with Crippen LogP contribution in [0.25, 0.3) is 6.08 Å². The summed E-state index contributed by atoms with van der Waals surface area (Å²) in [6.07, 6.45) is 1.38. The first-order chi connectivity index (χ1) is 13.0. The van der Waals surface area contributed by atoms with Gasteiger partial charge in [0.05, 0.1) is 24.9 Å². The predicted octanol–water partition coefficient (Wildman–Crippen LogP) is 3.63. The van der Waals surface area contributed by atoms with Crippen LogP contribution in [0, 0.1) is 11.3 Å². The number of anilines is 1. The van der Waals surface area contributed by atoms with Crippen molar-refractivity contribution in [1.82, 2.24) is 0 Å². The van der Waals surface area contributed by atoms with Gasteiger partial charge in [-0.3, -0.25) is 4.79 Å². The number of nitrogens with zero attached hydrogens (tertiary/aromatic N) is 1. The Morgan fingerprint density at radius 2 is 1.96 bits per heavy atom. The molecule has 0 saturated heterocycles. The molecule has 0 fully saturated rings. The quantitative estimate of drug-likeness (QED) is 0.623. The molecule has 0 unspecified atom stereocenters. The molecule has 138 valence electrons. The molecular formula is C19H15ClN2O5. The average molecular weight is 387 g/mol. The summed E-state index contributed by atoms with van der Waals surface area (Å²) in [5.41, 5.74) is 0.700. The highest BCUT2D eigenvalue weighted by Gasteiger charge is 2.18. The molecule has 0 saturated carbocycles. The SMILES string of the molecule is COc1ccc(OC)c(NC(=O)C(C#N)=Cc2cc3c(cc2Cl)OCO3)c1. The number of fused-ring (bicyclic) bond motifs is 1. The minimum Gasteiger partial charge on any atom is -0.497 e. The van der Waals surface area contributed by atoms with Crippen LogP contribution in [0.15, 0.2) is 35.9 Å². The largest absolute Gasteiger partial charge is 0.497 e. The summed E-state index contributed by atoms with van der Waals surface area (Å²) in [5.74, 6) is 1.37. The Morgan fingerprint density at radius 3 is 2.63 bits per heavy atom. The van der Waals surface area contributed by atoms with E-state index in [1.54, 1.807) is 30.3 Å². The highest BCUT2D eigenvalue weighted by Crippen LogP contribution is 2.37. The van der Waals surface area contributed by atoms with Crippen molar-refractivity contribution in [3.63, 3.8) is 0 Å². The van der Waals surface area contributed by atoms with Gasteiger partial charge in [-0.15, -0.1) is 0 Å². The number of halogens is 1. The summed E-state index contributed by atoms with van der Waals surface area (Å²) in [6.45, 7) is 0.0973. The number of methoxy groups -OCH3 is 2. The molecular weight excluding hydrogens is 372 g/mol. The van der Waals surface area contributed by atoms with Crippen molar-refractivity contribution < 1.29 is 23.7 Å². The minimum atomic E-state index is -0.613. The maximum Gasteiger partial charge on any atom is 0.266 e. The van der Waals surface area contributed by atoms with Crippen LogP contribution in [0.1, 0.15) is 5.56 Å². The van der Waals surface area contributed by atoms with E-state index < -0.39 is 5.91 Å². The van der Waals surface area contributed by atoms with Crippen LogP contribution in [0.5, 0.6) is 23.0 Å². The highest BCUT2D eigenvalue weighted by atomic mass is 35.5. The van der Waals surface area contributed by atoms with Crippen LogP contribution < -0.4 is 24.3 Å². The zero-order chi connectivity index (χ0) is 19.4. The highest BCUT2D eigenvalue weighted by molar-refractivity contribution is 6.32. The number of carbonyl (C=O) groups excluding carboxylic acids is 1. The van der Waals surface area contributed by atoms with Crippen molar-refractivity contribution in [1.29, 1.82) is 5.26 Å². The molecule has 2 aromatic rings. The van der Waals surface area contributed by atoms with Gasteiger partial charge >= 0.3 is 0 Å². The number of benzene rings is 2. The van der Waals surface area contributed by atoms with E-state index >= 15 is 0 Å². The molecule has 1 heterocycles. The van der Waals surface area contributed by atoms with E-state index in [0.29, 0.717) is 39.3 Å². The smallest absolute Gasteiger partial charge is 0.266 e. The zero-order valence-electron chi connectivity index (χ0n) is 14.5. The van der Waals surface area contributed by atoms with Gasteiger partial charge in [-0.05, 0) is 29.8 Å². The molecule has 0 atom stereocenters. The molecule has 0 bridgehead atoms. The van der Waals surface area contributed by atoms with Crippen molar-refractivity contribution in [2.45, 2.75) is 0 Å². The van der Waals surface area contributed by atoms with Gasteiger partial charge in [0.1, 0.15) is 23.1 Å². The van der Waals surface area contributed by atoms with Crippen molar-refractivity contribution >= 4 is 29.3 Å². The Balaban J connectivity index is 1.89. The zero-order valence-corrected chi connectivity index (χ0v) is 15.3. The number of carbonyl (C=O) groups is 1. The first kappa shape index (κ1) is 18.4. The lowest BCUT2D eigenvalue weighted by Crippen LogP contribution is -2.14. The lowest BCUT2D eigenvalue weighted by atomic mass is 10.1. The number of nitriles is 1. The summed E-state index contributed by atoms with van der Waals surface area (Å²) >= 11 is 6.20. The summed E-state index contributed by atoms with van der Waals surface area (Å²) in [6, 6.07) is 10.0. The summed E-state index contributed by atoms with van der Waals surface area (Å²) in [5, 5.41) is 12.4. The third kappa shape index (κ3) is 3.91. The molecule has 7 nitrogen and oxygen atoms in total. The number of nitrogens with one attached hydrogen (secondary N) is 1. The third-order valence-corrected chi connectivity index (χ3v) is 4.14. The van der Waals surface area contributed by atoms with Gasteiger partial charge in [-0.1, -0.05) is 11.6 Å². The molecule has 0 spiro atoms. The standard InChI is InChI=1S/C19H15ClN2O5/c1-24-13-3-4-16(25-2)15(7-13)22-19(23)12(9-21)5-11-6-17-18(8-14(11)20)27-10-26-17/h3-8H,10H2,1-2H3,(H,22,23). The normalized spacial score (nSPS) is 12.3. The Hall–Kier alpha value is -3.37. The van der Waals surface area contributed by atoms with Crippen molar-refractivity contribution in [2.24, 2.45) is 0 Å². The maximum absolute atomic E-state index is 12.6. The third-order valence-electron chi connectivity index (χ3n) is 3.81. The van der Waals surface area contributed by atoms with E-state index in [1.807, 2.05) is 6.07 Å². The molecule has 3 rings (SSSR count). The van der Waals surface area contributed by atoms with E-state index in [4.69, 9.17) is 30.5 Å². The van der Waals surface area contributed by atoms with Gasteiger partial charge in [0.15, 0.2) is 11.5 Å². The van der Waals surface area contributed by atoms with Gasteiger partial charge in [0.25, 0.3) is 5.91 Å². The van der Waals surface area contributed by atoms with E-state index in [2.05, 4.69) is 5.32 Å². The fourth-order valence-corrected chi connectivity index (χ4v) is 2.66. The number of amides is 1. The van der Waals surface area contributed by atoms with E-state index in [-0.39, 0.29) is 12.4 Å². The van der Waals surface area contributed by atoms with E-state index in [0.717, 1.165) is 0 Å². The predicted molar refractivity (Wildman–Crippen MR) is 99.3 cm³/mol. The van der Waals surface area contributed by atoms with Crippen LogP contribution >= 0.6 is 11.6 Å². The average Bonchev–Trinajstić information content (AvgIpc) is 3.12. The van der Waals surface area contributed by atoms with Crippen LogP contribution in [-0.4, -0.2) is 26.9 Å². The van der Waals surface area contributed by atoms with Crippen molar-refractivity contribution in [3.8, 4) is 29.1 Å². The van der Waals surface area contributed by atoms with Crippen LogP contribution in [-0.2, 0) is 4.79 Å². The van der Waals surface area contributed by atoms with Crippen LogP contribution in [0.4, 0.5) is 5.69 Å². The number of hydrogen-bond donors (Lipinski definition) is 1. The molecule has 1 amide bonds. The number of rotatable bonds is 5. The minimum absolute atomic E-state index is 0.0973. The first-order valence-electron chi connectivity index (χ1n) is 7.80. The number of hydrogen-bond acceptors (Lipinski definition) is 6. The van der Waals surface area contributed by atoms with Crippen LogP contribution in [0.2, 0.25) is 5.02 Å². The fraction of sp³-hybridized carbons (Fsp3) is 0.158. The molecule has 1 N–H and O–H groups in total. The lowest BCUT2D eigenvalue weighted by Gasteiger charge is -2.11. The Morgan fingerprint density at radius 1 is 1.22 bits per heavy atom. The van der Waals surface area contributed by atoms with Gasteiger partial charge in [-0.25, -0.2) is 0 Å². The van der Waals surface area contributed by atoms with Gasteiger partial charge < -0.3 is 24.3 Å². The fourth-order valence-electron chi connectivity index (χ4n) is 2.45. The Labute approximate surface area is 160 Å². The van der Waals surface area contributed by atoms with Crippen LogP contribution in [0.3, 0.4) is 0 Å². The molecule has 1 aliphatic heterocycles. The molecule has 0 radical (unpaired) electrons. The molecule has 27 heavy (non-hydrogen) atoms. The maximum atomic E-state index is 12.6. The topological polar surface area (TPSA) is 89.8 Å². The monoisotopic (exact) mass is 386 g/mol. The molecule has 0 aliphatic carbocycles. The van der Waals surface area contributed by atoms with E-state index in [9.17, 15) is 10.1 Å². The van der Waals surface area contributed by atoms with Crippen molar-refractivity contribution in [2.75, 3.05) is 26.3 Å². The Bertz CT molecular complexity index is 965. The van der Waals surface area contributed by atoms with Crippen molar-refractivity contribution in [3.05, 3.63) is 46.5 Å². The Kier molecular flexibility index (Phi) is 5.38. The second kappa shape index (κ2) is 7.89. The first-order valence-corrected chi connectivity index (χ1v) is 8.18. The summed E-state index contributed by atoms with van der Waals surface area (Å²) < 4.78 is 20.9. The molecule has 1 aliphatic rings.